The van der Waals surface area contributed by atoms with Crippen molar-refractivity contribution in [3.8, 4) is 0 Å². The maximum absolute atomic E-state index is 11.1. The lowest BCUT2D eigenvalue weighted by Gasteiger charge is -2.38. The number of ether oxygens (including phenoxy) is 3. The molecule has 3 heterocycles. The van der Waals surface area contributed by atoms with Crippen LogP contribution in [0.5, 0.6) is 0 Å². The van der Waals surface area contributed by atoms with E-state index in [1.54, 1.807) is 0 Å². The van der Waals surface area contributed by atoms with Gasteiger partial charge in [-0.2, -0.15) is 0 Å². The molecular formula is C17H22O4. The van der Waals surface area contributed by atoms with Crippen LogP contribution in [0.4, 0.5) is 0 Å². The van der Waals surface area contributed by atoms with Crippen LogP contribution in [-0.4, -0.2) is 35.3 Å². The van der Waals surface area contributed by atoms with Crippen LogP contribution in [0.25, 0.3) is 0 Å². The lowest BCUT2D eigenvalue weighted by atomic mass is 9.83. The molecule has 0 aliphatic carbocycles. The van der Waals surface area contributed by atoms with Gasteiger partial charge in [0, 0.05) is 12.8 Å². The van der Waals surface area contributed by atoms with Crippen molar-refractivity contribution >= 4 is 0 Å². The summed E-state index contributed by atoms with van der Waals surface area (Å²) < 4.78 is 18.0. The average molecular weight is 290 g/mol. The minimum absolute atomic E-state index is 0.0659. The molecule has 2 bridgehead atoms. The Morgan fingerprint density at radius 2 is 1.71 bits per heavy atom. The molecule has 3 aliphatic heterocycles. The summed E-state index contributed by atoms with van der Waals surface area (Å²) in [5, 5.41) is 11.1. The molecule has 114 valence electrons. The first-order valence-corrected chi connectivity index (χ1v) is 7.67. The molecule has 4 rings (SSSR count). The minimum Gasteiger partial charge on any atom is -0.385 e. The first-order chi connectivity index (χ1) is 9.86. The van der Waals surface area contributed by atoms with Crippen molar-refractivity contribution in [3.05, 3.63) is 35.4 Å². The lowest BCUT2D eigenvalue weighted by Crippen LogP contribution is -2.42. The van der Waals surface area contributed by atoms with E-state index in [9.17, 15) is 5.11 Å². The molecule has 1 unspecified atom stereocenters. The Kier molecular flexibility index (Phi) is 2.80. The predicted molar refractivity (Wildman–Crippen MR) is 76.8 cm³/mol. The van der Waals surface area contributed by atoms with Gasteiger partial charge in [0.25, 0.3) is 0 Å². The second kappa shape index (κ2) is 4.29. The number of benzene rings is 1. The van der Waals surface area contributed by atoms with Gasteiger partial charge in [-0.1, -0.05) is 29.8 Å². The number of aliphatic hydroxyl groups is 1. The quantitative estimate of drug-likeness (QED) is 0.862. The van der Waals surface area contributed by atoms with Gasteiger partial charge in [-0.15, -0.1) is 0 Å². The van der Waals surface area contributed by atoms with E-state index in [-0.39, 0.29) is 24.4 Å². The first-order valence-electron chi connectivity index (χ1n) is 7.67. The Morgan fingerprint density at radius 3 is 2.29 bits per heavy atom. The number of hydrogen-bond donors (Lipinski definition) is 1. The Labute approximate surface area is 125 Å². The Bertz CT molecular complexity index is 546. The molecule has 0 spiro atoms. The second-order valence-electron chi connectivity index (χ2n) is 7.09. The number of rotatable bonds is 1. The summed E-state index contributed by atoms with van der Waals surface area (Å²) in [4.78, 5) is 0. The highest BCUT2D eigenvalue weighted by Crippen LogP contribution is 2.50. The zero-order valence-electron chi connectivity index (χ0n) is 12.7. The third kappa shape index (κ3) is 2.13. The smallest absolute Gasteiger partial charge is 0.164 e. The van der Waals surface area contributed by atoms with Crippen molar-refractivity contribution in [2.75, 3.05) is 0 Å². The van der Waals surface area contributed by atoms with E-state index in [0.717, 1.165) is 11.1 Å². The maximum atomic E-state index is 11.1. The number of hydrogen-bond acceptors (Lipinski definition) is 4. The van der Waals surface area contributed by atoms with Gasteiger partial charge < -0.3 is 19.3 Å². The van der Waals surface area contributed by atoms with Crippen LogP contribution in [0.15, 0.2) is 24.3 Å². The van der Waals surface area contributed by atoms with Crippen LogP contribution in [0.3, 0.4) is 0 Å². The van der Waals surface area contributed by atoms with Crippen molar-refractivity contribution in [3.63, 3.8) is 0 Å². The molecule has 5 atom stereocenters. The predicted octanol–water partition coefficient (Wildman–Crippen LogP) is 2.26. The van der Waals surface area contributed by atoms with E-state index in [4.69, 9.17) is 14.2 Å². The van der Waals surface area contributed by atoms with Gasteiger partial charge in [0.05, 0.1) is 17.8 Å². The van der Waals surface area contributed by atoms with Crippen LogP contribution in [0, 0.1) is 6.92 Å². The fourth-order valence-corrected chi connectivity index (χ4v) is 4.02. The van der Waals surface area contributed by atoms with Gasteiger partial charge in [-0.25, -0.2) is 0 Å². The standard InChI is InChI=1S/C17H22O4/c1-10-5-4-6-11(7-10)17(18)8-12-14-15(13(9-17)19-12)21-16(2,3)20-14/h4-7,12-15,18H,8-9H2,1-3H3/t12-,13+,14-,15+,17?. The molecule has 0 aromatic heterocycles. The van der Waals surface area contributed by atoms with Crippen LogP contribution in [0.2, 0.25) is 0 Å². The molecule has 4 nitrogen and oxygen atoms in total. The summed E-state index contributed by atoms with van der Waals surface area (Å²) in [6, 6.07) is 8.10. The van der Waals surface area contributed by atoms with Gasteiger partial charge in [-0.05, 0) is 26.3 Å². The Balaban J connectivity index is 1.63. The summed E-state index contributed by atoms with van der Waals surface area (Å²) >= 11 is 0. The van der Waals surface area contributed by atoms with Crippen molar-refractivity contribution in [1.29, 1.82) is 0 Å². The van der Waals surface area contributed by atoms with E-state index < -0.39 is 11.4 Å². The highest BCUT2D eigenvalue weighted by Gasteiger charge is 2.61. The van der Waals surface area contributed by atoms with Crippen LogP contribution < -0.4 is 0 Å². The van der Waals surface area contributed by atoms with Crippen molar-refractivity contribution < 1.29 is 19.3 Å². The number of fused-ring (bicyclic) bond motifs is 5. The highest BCUT2D eigenvalue weighted by molar-refractivity contribution is 5.29. The zero-order valence-corrected chi connectivity index (χ0v) is 12.7. The Hall–Kier alpha value is -0.940. The molecule has 3 aliphatic rings. The molecule has 1 N–H and O–H groups in total. The summed E-state index contributed by atoms with van der Waals surface area (Å²) in [6.07, 6.45) is 0.802. The number of aryl methyl sites for hydroxylation is 1. The molecule has 4 heteroatoms. The molecule has 21 heavy (non-hydrogen) atoms. The first kappa shape index (κ1) is 13.7. The largest absolute Gasteiger partial charge is 0.385 e. The molecule has 3 fully saturated rings. The summed E-state index contributed by atoms with van der Waals surface area (Å²) in [7, 11) is 0. The van der Waals surface area contributed by atoms with E-state index in [0.29, 0.717) is 12.8 Å². The molecule has 0 radical (unpaired) electrons. The average Bonchev–Trinajstić information content (AvgIpc) is 2.84. The zero-order chi connectivity index (χ0) is 14.8. The van der Waals surface area contributed by atoms with Crippen LogP contribution >= 0.6 is 0 Å². The second-order valence-corrected chi connectivity index (χ2v) is 7.09. The third-order valence-electron chi connectivity index (χ3n) is 4.88. The van der Waals surface area contributed by atoms with E-state index in [1.807, 2.05) is 39.0 Å². The summed E-state index contributed by atoms with van der Waals surface area (Å²) in [6.45, 7) is 5.92. The maximum Gasteiger partial charge on any atom is 0.164 e. The molecule has 3 saturated heterocycles. The normalized spacial score (nSPS) is 43.8. The molecular weight excluding hydrogens is 268 g/mol. The fourth-order valence-electron chi connectivity index (χ4n) is 4.02. The summed E-state index contributed by atoms with van der Waals surface area (Å²) in [5.74, 6) is -0.547. The van der Waals surface area contributed by atoms with Gasteiger partial charge in [0.1, 0.15) is 12.2 Å². The molecule has 0 saturated carbocycles. The van der Waals surface area contributed by atoms with Crippen molar-refractivity contribution in [2.24, 2.45) is 0 Å². The molecule has 1 aromatic rings. The van der Waals surface area contributed by atoms with Crippen LogP contribution in [-0.2, 0) is 19.8 Å². The lowest BCUT2D eigenvalue weighted by molar-refractivity contribution is -0.215. The monoisotopic (exact) mass is 290 g/mol. The SMILES string of the molecule is Cc1cccc(C2(O)C[C@@H]3O[C@H](C2)[C@H]2OC(C)(C)O[C@H]23)c1. The van der Waals surface area contributed by atoms with E-state index >= 15 is 0 Å². The van der Waals surface area contributed by atoms with Crippen LogP contribution in [0.1, 0.15) is 37.8 Å². The van der Waals surface area contributed by atoms with Gasteiger partial charge in [-0.3, -0.25) is 0 Å². The molecule has 0 amide bonds. The third-order valence-corrected chi connectivity index (χ3v) is 4.88. The van der Waals surface area contributed by atoms with Crippen molar-refractivity contribution in [2.45, 2.75) is 69.4 Å². The van der Waals surface area contributed by atoms with E-state index in [1.165, 1.54) is 0 Å². The van der Waals surface area contributed by atoms with Gasteiger partial charge >= 0.3 is 0 Å². The van der Waals surface area contributed by atoms with Crippen molar-refractivity contribution in [1.82, 2.24) is 0 Å². The van der Waals surface area contributed by atoms with E-state index in [2.05, 4.69) is 6.07 Å². The fraction of sp³-hybridized carbons (Fsp3) is 0.647. The highest BCUT2D eigenvalue weighted by atomic mass is 16.8. The topological polar surface area (TPSA) is 47.9 Å². The minimum atomic E-state index is -0.846. The molecule has 1 aromatic carbocycles. The van der Waals surface area contributed by atoms with Gasteiger partial charge in [0.2, 0.25) is 0 Å². The van der Waals surface area contributed by atoms with Gasteiger partial charge in [0.15, 0.2) is 5.79 Å². The summed E-state index contributed by atoms with van der Waals surface area (Å²) in [5.41, 5.74) is 1.29. The Morgan fingerprint density at radius 1 is 1.10 bits per heavy atom.